The molecule has 1 N–H and O–H groups in total. The summed E-state index contributed by atoms with van der Waals surface area (Å²) in [5.41, 5.74) is 1.24. The zero-order valence-electron chi connectivity index (χ0n) is 15.7. The van der Waals surface area contributed by atoms with Crippen molar-refractivity contribution in [1.82, 2.24) is 9.62 Å². The van der Waals surface area contributed by atoms with Crippen molar-refractivity contribution in [2.24, 2.45) is 5.92 Å². The highest BCUT2D eigenvalue weighted by Crippen LogP contribution is 2.24. The second kappa shape index (κ2) is 8.32. The van der Waals surface area contributed by atoms with E-state index in [0.29, 0.717) is 24.6 Å². The lowest BCUT2D eigenvalue weighted by molar-refractivity contribution is 0.0920. The van der Waals surface area contributed by atoms with Crippen LogP contribution in [0.2, 0.25) is 0 Å². The van der Waals surface area contributed by atoms with E-state index in [9.17, 15) is 13.2 Å². The van der Waals surface area contributed by atoms with Crippen LogP contribution < -0.4 is 5.32 Å². The van der Waals surface area contributed by atoms with Gasteiger partial charge < -0.3 is 5.32 Å². The third kappa shape index (κ3) is 4.61. The molecule has 1 amide bonds. The van der Waals surface area contributed by atoms with Crippen molar-refractivity contribution in [2.45, 2.75) is 64.3 Å². The molecule has 0 heterocycles. The number of aryl methyl sites for hydroxylation is 1. The Morgan fingerprint density at radius 2 is 1.92 bits per heavy atom. The molecule has 1 saturated carbocycles. The second-order valence-corrected chi connectivity index (χ2v) is 8.95. The van der Waals surface area contributed by atoms with Gasteiger partial charge in [-0.05, 0) is 43.4 Å². The van der Waals surface area contributed by atoms with Crippen LogP contribution in [0.4, 0.5) is 0 Å². The van der Waals surface area contributed by atoms with Gasteiger partial charge in [-0.1, -0.05) is 39.7 Å². The van der Waals surface area contributed by atoms with Crippen LogP contribution in [-0.2, 0) is 10.0 Å². The fourth-order valence-corrected chi connectivity index (χ4v) is 5.03. The highest BCUT2D eigenvalue weighted by atomic mass is 32.2. The van der Waals surface area contributed by atoms with Gasteiger partial charge in [0.05, 0.1) is 4.90 Å². The van der Waals surface area contributed by atoms with Crippen LogP contribution in [0.25, 0.3) is 0 Å². The molecule has 25 heavy (non-hydrogen) atoms. The van der Waals surface area contributed by atoms with Crippen LogP contribution in [0.5, 0.6) is 0 Å². The first-order chi connectivity index (χ1) is 11.8. The summed E-state index contributed by atoms with van der Waals surface area (Å²) < 4.78 is 26.8. The molecular weight excluding hydrogens is 336 g/mol. The minimum Gasteiger partial charge on any atom is -0.349 e. The molecule has 1 aromatic rings. The number of hydrogen-bond donors (Lipinski definition) is 1. The predicted octanol–water partition coefficient (Wildman–Crippen LogP) is 3.33. The van der Waals surface area contributed by atoms with E-state index in [1.54, 1.807) is 12.1 Å². The average molecular weight is 367 g/mol. The van der Waals surface area contributed by atoms with Gasteiger partial charge in [0.1, 0.15) is 0 Å². The predicted molar refractivity (Wildman–Crippen MR) is 100 cm³/mol. The monoisotopic (exact) mass is 366 g/mol. The average Bonchev–Trinajstić information content (AvgIpc) is 2.55. The summed E-state index contributed by atoms with van der Waals surface area (Å²) >= 11 is 0. The molecule has 2 rings (SSSR count). The molecule has 5 nitrogen and oxygen atoms in total. The van der Waals surface area contributed by atoms with Gasteiger partial charge in [-0.3, -0.25) is 4.79 Å². The van der Waals surface area contributed by atoms with Gasteiger partial charge in [-0.2, -0.15) is 4.31 Å². The maximum Gasteiger partial charge on any atom is 0.251 e. The fraction of sp³-hybridized carbons (Fsp3) is 0.632. The minimum atomic E-state index is -3.56. The Morgan fingerprint density at radius 1 is 1.24 bits per heavy atom. The lowest BCUT2D eigenvalue weighted by Crippen LogP contribution is -2.38. The second-order valence-electron chi connectivity index (χ2n) is 7.01. The van der Waals surface area contributed by atoms with Crippen LogP contribution in [0.15, 0.2) is 23.1 Å². The van der Waals surface area contributed by atoms with Gasteiger partial charge in [-0.15, -0.1) is 0 Å². The van der Waals surface area contributed by atoms with Crippen LogP contribution in [0.3, 0.4) is 0 Å². The van der Waals surface area contributed by atoms with Crippen molar-refractivity contribution < 1.29 is 13.2 Å². The third-order valence-corrected chi connectivity index (χ3v) is 7.11. The smallest absolute Gasteiger partial charge is 0.251 e. The van der Waals surface area contributed by atoms with E-state index in [1.807, 2.05) is 20.8 Å². The summed E-state index contributed by atoms with van der Waals surface area (Å²) in [5.74, 6) is 0.447. The van der Waals surface area contributed by atoms with Crippen molar-refractivity contribution >= 4 is 15.9 Å². The Kier molecular flexibility index (Phi) is 6.63. The van der Waals surface area contributed by atoms with Crippen LogP contribution in [0.1, 0.15) is 62.4 Å². The number of nitrogens with one attached hydrogen (secondary N) is 1. The quantitative estimate of drug-likeness (QED) is 0.840. The fourth-order valence-electron chi connectivity index (χ4n) is 3.55. The molecule has 2 atom stereocenters. The number of amides is 1. The zero-order chi connectivity index (χ0) is 18.6. The lowest BCUT2D eigenvalue weighted by Gasteiger charge is -2.27. The molecule has 1 aromatic carbocycles. The molecule has 1 aliphatic rings. The molecule has 0 bridgehead atoms. The SMILES string of the molecule is CCN(CC)S(=O)(=O)c1ccc(C)c(C(=O)NC2CCCC(C)C2)c1. The number of rotatable bonds is 6. The zero-order valence-corrected chi connectivity index (χ0v) is 16.5. The first kappa shape index (κ1) is 19.9. The van der Waals surface area contributed by atoms with Crippen LogP contribution >= 0.6 is 0 Å². The van der Waals surface area contributed by atoms with E-state index in [-0.39, 0.29) is 16.8 Å². The number of nitrogens with zero attached hydrogens (tertiary/aromatic N) is 1. The Balaban J connectivity index is 2.25. The van der Waals surface area contributed by atoms with Crippen molar-refractivity contribution in [3.05, 3.63) is 29.3 Å². The summed E-state index contributed by atoms with van der Waals surface area (Å²) in [5, 5.41) is 3.09. The van der Waals surface area contributed by atoms with E-state index in [0.717, 1.165) is 24.8 Å². The minimum absolute atomic E-state index is 0.173. The Bertz CT molecular complexity index is 711. The first-order valence-corrected chi connectivity index (χ1v) is 10.6. The molecule has 0 saturated heterocycles. The van der Waals surface area contributed by atoms with E-state index >= 15 is 0 Å². The largest absolute Gasteiger partial charge is 0.349 e. The lowest BCUT2D eigenvalue weighted by atomic mass is 9.87. The molecule has 140 valence electrons. The molecule has 1 aliphatic carbocycles. The van der Waals surface area contributed by atoms with Gasteiger partial charge >= 0.3 is 0 Å². The summed E-state index contributed by atoms with van der Waals surface area (Å²) in [6, 6.07) is 5.00. The molecule has 0 aromatic heterocycles. The van der Waals surface area contributed by atoms with Gasteiger partial charge in [0.25, 0.3) is 5.91 Å². The van der Waals surface area contributed by atoms with Crippen molar-refractivity contribution in [3.63, 3.8) is 0 Å². The Hall–Kier alpha value is -1.40. The summed E-state index contributed by atoms with van der Waals surface area (Å²) in [6.45, 7) is 8.50. The molecule has 0 spiro atoms. The topological polar surface area (TPSA) is 66.5 Å². The summed E-state index contributed by atoms with van der Waals surface area (Å²) in [6.07, 6.45) is 4.32. The van der Waals surface area contributed by atoms with Gasteiger partial charge in [0, 0.05) is 24.7 Å². The summed E-state index contributed by atoms with van der Waals surface area (Å²) in [7, 11) is -3.56. The maximum absolute atomic E-state index is 12.7. The van der Waals surface area contributed by atoms with E-state index in [2.05, 4.69) is 12.2 Å². The normalized spacial score (nSPS) is 21.3. The first-order valence-electron chi connectivity index (χ1n) is 9.21. The molecular formula is C19H30N2O3S. The van der Waals surface area contributed by atoms with Crippen molar-refractivity contribution in [3.8, 4) is 0 Å². The van der Waals surface area contributed by atoms with Gasteiger partial charge in [0.15, 0.2) is 0 Å². The Morgan fingerprint density at radius 3 is 2.52 bits per heavy atom. The Labute approximate surface area is 151 Å². The van der Waals surface area contributed by atoms with E-state index in [4.69, 9.17) is 0 Å². The molecule has 0 aliphatic heterocycles. The third-order valence-electron chi connectivity index (χ3n) is 5.07. The standard InChI is InChI=1S/C19H30N2O3S/c1-5-21(6-2)25(23,24)17-11-10-15(4)18(13-17)19(22)20-16-9-7-8-14(3)12-16/h10-11,13-14,16H,5-9,12H2,1-4H3,(H,20,22). The molecule has 6 heteroatoms. The van der Waals surface area contributed by atoms with Gasteiger partial charge in [0.2, 0.25) is 10.0 Å². The highest BCUT2D eigenvalue weighted by molar-refractivity contribution is 7.89. The van der Waals surface area contributed by atoms with Crippen LogP contribution in [0, 0.1) is 12.8 Å². The number of hydrogen-bond acceptors (Lipinski definition) is 3. The van der Waals surface area contributed by atoms with Crippen molar-refractivity contribution in [1.29, 1.82) is 0 Å². The van der Waals surface area contributed by atoms with E-state index in [1.165, 1.54) is 16.8 Å². The molecule has 2 unspecified atom stereocenters. The molecule has 1 fully saturated rings. The molecule has 0 radical (unpaired) electrons. The van der Waals surface area contributed by atoms with Crippen molar-refractivity contribution in [2.75, 3.05) is 13.1 Å². The summed E-state index contributed by atoms with van der Waals surface area (Å²) in [4.78, 5) is 12.9. The van der Waals surface area contributed by atoms with Crippen LogP contribution in [-0.4, -0.2) is 37.8 Å². The van der Waals surface area contributed by atoms with E-state index < -0.39 is 10.0 Å². The maximum atomic E-state index is 12.7. The van der Waals surface area contributed by atoms with Gasteiger partial charge in [-0.25, -0.2) is 8.42 Å². The number of carbonyl (C=O) groups is 1. The number of benzene rings is 1. The number of sulfonamides is 1. The number of carbonyl (C=O) groups excluding carboxylic acids is 1. The highest BCUT2D eigenvalue weighted by Gasteiger charge is 2.25.